The molecular weight excluding hydrogens is 276 g/mol. The standard InChI is InChI=1S/C14H14N2O5/c17-13(11-6-1-2-7-12(11)14(18)19)15-9-4-3-5-10(8-9)16(20)21/h1-5,8,11-12H,6-7H2,(H,15,17)(H,18,19)/t11-,12+/m1/s1. The summed E-state index contributed by atoms with van der Waals surface area (Å²) >= 11 is 0. The van der Waals surface area contributed by atoms with Crippen molar-refractivity contribution in [2.45, 2.75) is 12.8 Å². The van der Waals surface area contributed by atoms with E-state index < -0.39 is 28.6 Å². The second kappa shape index (κ2) is 6.17. The molecule has 0 saturated heterocycles. The molecule has 1 aromatic rings. The van der Waals surface area contributed by atoms with E-state index in [4.69, 9.17) is 5.11 Å². The average Bonchev–Trinajstić information content (AvgIpc) is 2.47. The van der Waals surface area contributed by atoms with E-state index in [1.807, 2.05) is 0 Å². The Bertz CT molecular complexity index is 611. The van der Waals surface area contributed by atoms with Crippen molar-refractivity contribution in [2.75, 3.05) is 5.32 Å². The summed E-state index contributed by atoms with van der Waals surface area (Å²) in [6.45, 7) is 0. The Balaban J connectivity index is 2.13. The maximum absolute atomic E-state index is 12.2. The molecule has 0 aliphatic heterocycles. The molecule has 1 amide bonds. The highest BCUT2D eigenvalue weighted by atomic mass is 16.6. The van der Waals surface area contributed by atoms with Gasteiger partial charge in [-0.1, -0.05) is 18.2 Å². The van der Waals surface area contributed by atoms with Crippen LogP contribution in [0.3, 0.4) is 0 Å². The van der Waals surface area contributed by atoms with Crippen molar-refractivity contribution in [1.82, 2.24) is 0 Å². The smallest absolute Gasteiger partial charge is 0.307 e. The third kappa shape index (κ3) is 3.44. The second-order valence-corrected chi connectivity index (χ2v) is 4.79. The van der Waals surface area contributed by atoms with E-state index >= 15 is 0 Å². The fourth-order valence-electron chi connectivity index (χ4n) is 2.31. The van der Waals surface area contributed by atoms with Crippen LogP contribution in [0.15, 0.2) is 36.4 Å². The average molecular weight is 290 g/mol. The van der Waals surface area contributed by atoms with Gasteiger partial charge >= 0.3 is 5.97 Å². The van der Waals surface area contributed by atoms with E-state index in [1.165, 1.54) is 24.3 Å². The van der Waals surface area contributed by atoms with Crippen LogP contribution in [0.4, 0.5) is 11.4 Å². The SMILES string of the molecule is O=C(O)[C@H]1CC=CC[C@H]1C(=O)Nc1cccc([N+](=O)[O-])c1. The van der Waals surface area contributed by atoms with Gasteiger partial charge in [-0.15, -0.1) is 0 Å². The van der Waals surface area contributed by atoms with Crippen LogP contribution in [0, 0.1) is 22.0 Å². The number of nitro benzene ring substituents is 1. The maximum Gasteiger partial charge on any atom is 0.307 e. The van der Waals surface area contributed by atoms with Crippen molar-refractivity contribution in [3.05, 3.63) is 46.5 Å². The van der Waals surface area contributed by atoms with Crippen LogP contribution in [-0.2, 0) is 9.59 Å². The van der Waals surface area contributed by atoms with Crippen molar-refractivity contribution in [1.29, 1.82) is 0 Å². The number of carbonyl (C=O) groups excluding carboxylic acids is 1. The molecule has 1 aliphatic carbocycles. The van der Waals surface area contributed by atoms with E-state index in [2.05, 4.69) is 5.32 Å². The first-order chi connectivity index (χ1) is 9.99. The third-order valence-electron chi connectivity index (χ3n) is 3.41. The number of hydrogen-bond acceptors (Lipinski definition) is 4. The fourth-order valence-corrected chi connectivity index (χ4v) is 2.31. The van der Waals surface area contributed by atoms with Gasteiger partial charge in [-0.25, -0.2) is 0 Å². The van der Waals surface area contributed by atoms with Crippen LogP contribution < -0.4 is 5.32 Å². The van der Waals surface area contributed by atoms with Crippen LogP contribution >= 0.6 is 0 Å². The Labute approximate surface area is 120 Å². The molecule has 0 aromatic heterocycles. The van der Waals surface area contributed by atoms with Gasteiger partial charge in [0.1, 0.15) is 0 Å². The summed E-state index contributed by atoms with van der Waals surface area (Å²) in [5.41, 5.74) is 0.152. The summed E-state index contributed by atoms with van der Waals surface area (Å²) in [5.74, 6) is -2.90. The van der Waals surface area contributed by atoms with Crippen LogP contribution in [-0.4, -0.2) is 21.9 Å². The molecule has 2 rings (SSSR count). The number of nitrogens with zero attached hydrogens (tertiary/aromatic N) is 1. The number of benzene rings is 1. The number of amides is 1. The monoisotopic (exact) mass is 290 g/mol. The van der Waals surface area contributed by atoms with Crippen molar-refractivity contribution in [3.8, 4) is 0 Å². The molecule has 0 fully saturated rings. The zero-order valence-electron chi connectivity index (χ0n) is 11.1. The lowest BCUT2D eigenvalue weighted by Gasteiger charge is -2.24. The number of anilines is 1. The normalized spacial score (nSPS) is 20.8. The van der Waals surface area contributed by atoms with Gasteiger partial charge in [-0.2, -0.15) is 0 Å². The minimum Gasteiger partial charge on any atom is -0.481 e. The highest BCUT2D eigenvalue weighted by molar-refractivity contribution is 5.95. The quantitative estimate of drug-likeness (QED) is 0.502. The lowest BCUT2D eigenvalue weighted by molar-refractivity contribution is -0.384. The minimum atomic E-state index is -1.02. The number of hydrogen-bond donors (Lipinski definition) is 2. The van der Waals surface area contributed by atoms with Gasteiger partial charge in [0.25, 0.3) is 5.69 Å². The third-order valence-corrected chi connectivity index (χ3v) is 3.41. The van der Waals surface area contributed by atoms with Gasteiger partial charge in [0.2, 0.25) is 5.91 Å². The number of carboxylic acid groups (broad SMARTS) is 1. The molecule has 110 valence electrons. The summed E-state index contributed by atoms with van der Waals surface area (Å²) in [4.78, 5) is 33.5. The Morgan fingerprint density at radius 1 is 1.24 bits per heavy atom. The number of allylic oxidation sites excluding steroid dienone is 2. The Morgan fingerprint density at radius 3 is 2.52 bits per heavy atom. The van der Waals surface area contributed by atoms with Crippen molar-refractivity contribution >= 4 is 23.3 Å². The second-order valence-electron chi connectivity index (χ2n) is 4.79. The summed E-state index contributed by atoms with van der Waals surface area (Å²) in [7, 11) is 0. The maximum atomic E-state index is 12.2. The first kappa shape index (κ1) is 14.7. The summed E-state index contributed by atoms with van der Waals surface area (Å²) < 4.78 is 0. The molecule has 2 atom stereocenters. The highest BCUT2D eigenvalue weighted by Gasteiger charge is 2.34. The number of carboxylic acids is 1. The summed E-state index contributed by atoms with van der Waals surface area (Å²) in [6.07, 6.45) is 4.17. The van der Waals surface area contributed by atoms with Gasteiger partial charge < -0.3 is 10.4 Å². The number of non-ortho nitro benzene ring substituents is 1. The molecule has 2 N–H and O–H groups in total. The summed E-state index contributed by atoms with van der Waals surface area (Å²) in [5, 5.41) is 22.4. The Kier molecular flexibility index (Phi) is 4.32. The lowest BCUT2D eigenvalue weighted by atomic mass is 9.82. The largest absolute Gasteiger partial charge is 0.481 e. The van der Waals surface area contributed by atoms with E-state index in [0.29, 0.717) is 12.8 Å². The first-order valence-corrected chi connectivity index (χ1v) is 6.42. The topological polar surface area (TPSA) is 110 Å². The zero-order chi connectivity index (χ0) is 15.4. The van der Waals surface area contributed by atoms with Crippen LogP contribution in [0.1, 0.15) is 12.8 Å². The van der Waals surface area contributed by atoms with Crippen molar-refractivity contribution in [2.24, 2.45) is 11.8 Å². The van der Waals surface area contributed by atoms with Gasteiger partial charge in [-0.05, 0) is 18.9 Å². The predicted molar refractivity (Wildman–Crippen MR) is 74.7 cm³/mol. The van der Waals surface area contributed by atoms with Gasteiger partial charge in [0, 0.05) is 17.8 Å². The molecule has 0 unspecified atom stereocenters. The molecule has 7 nitrogen and oxygen atoms in total. The number of carbonyl (C=O) groups is 2. The molecule has 0 radical (unpaired) electrons. The zero-order valence-corrected chi connectivity index (χ0v) is 11.1. The van der Waals surface area contributed by atoms with Crippen molar-refractivity contribution in [3.63, 3.8) is 0 Å². The highest BCUT2D eigenvalue weighted by Crippen LogP contribution is 2.27. The van der Waals surface area contributed by atoms with E-state index in [9.17, 15) is 19.7 Å². The molecule has 0 bridgehead atoms. The number of rotatable bonds is 4. The molecule has 1 aromatic carbocycles. The molecule has 1 aliphatic rings. The number of aliphatic carboxylic acids is 1. The van der Waals surface area contributed by atoms with Crippen LogP contribution in [0.25, 0.3) is 0 Å². The van der Waals surface area contributed by atoms with E-state index in [-0.39, 0.29) is 11.4 Å². The number of nitrogens with one attached hydrogen (secondary N) is 1. The molecule has 0 heterocycles. The number of nitro groups is 1. The summed E-state index contributed by atoms with van der Waals surface area (Å²) in [6, 6.07) is 5.55. The van der Waals surface area contributed by atoms with Crippen LogP contribution in [0.2, 0.25) is 0 Å². The van der Waals surface area contributed by atoms with Crippen molar-refractivity contribution < 1.29 is 19.6 Å². The first-order valence-electron chi connectivity index (χ1n) is 6.42. The lowest BCUT2D eigenvalue weighted by Crippen LogP contribution is -2.34. The Morgan fingerprint density at radius 2 is 1.90 bits per heavy atom. The van der Waals surface area contributed by atoms with Gasteiger partial charge in [0.15, 0.2) is 0 Å². The molecule has 7 heteroatoms. The van der Waals surface area contributed by atoms with E-state index in [1.54, 1.807) is 12.2 Å². The molecular formula is C14H14N2O5. The molecule has 21 heavy (non-hydrogen) atoms. The van der Waals surface area contributed by atoms with Gasteiger partial charge in [0.05, 0.1) is 16.8 Å². The predicted octanol–water partition coefficient (Wildman–Crippen LogP) is 2.20. The Hall–Kier alpha value is -2.70. The van der Waals surface area contributed by atoms with Gasteiger partial charge in [-0.3, -0.25) is 19.7 Å². The fraction of sp³-hybridized carbons (Fsp3) is 0.286. The molecule has 0 spiro atoms. The molecule has 0 saturated carbocycles. The van der Waals surface area contributed by atoms with E-state index in [0.717, 1.165) is 0 Å². The van der Waals surface area contributed by atoms with Crippen LogP contribution in [0.5, 0.6) is 0 Å². The minimum absolute atomic E-state index is 0.133.